The molecule has 0 aromatic heterocycles. The van der Waals surface area contributed by atoms with Crippen LogP contribution in [0.25, 0.3) is 0 Å². The summed E-state index contributed by atoms with van der Waals surface area (Å²) in [4.78, 5) is 25.0. The van der Waals surface area contributed by atoms with E-state index in [2.05, 4.69) is 9.99 Å². The second-order valence-corrected chi connectivity index (χ2v) is 4.65. The normalized spacial score (nSPS) is 20.9. The van der Waals surface area contributed by atoms with Gasteiger partial charge in [-0.05, 0) is 17.7 Å². The van der Waals surface area contributed by atoms with Gasteiger partial charge in [0.1, 0.15) is 0 Å². The Hall–Kier alpha value is -0.840. The molecule has 1 aliphatic rings. The summed E-state index contributed by atoms with van der Waals surface area (Å²) in [6.07, 6.45) is 6.85. The first kappa shape index (κ1) is 14.2. The standard InChI is InChI=1S/C10H8Cl3NO3/c11-8(15)5-6-3-1-2-4-7(6)14-17-10(16)9(12)13/h1-4,6,9H,5H2. The quantitative estimate of drug-likeness (QED) is 0.347. The van der Waals surface area contributed by atoms with Gasteiger partial charge in [0.15, 0.2) is 0 Å². The van der Waals surface area contributed by atoms with Gasteiger partial charge in [-0.15, -0.1) is 0 Å². The molecule has 1 rings (SSSR count). The largest absolute Gasteiger partial charge is 0.367 e. The molecule has 0 radical (unpaired) electrons. The van der Waals surface area contributed by atoms with E-state index in [0.717, 1.165) is 0 Å². The predicted molar refractivity (Wildman–Crippen MR) is 66.3 cm³/mol. The zero-order valence-electron chi connectivity index (χ0n) is 8.48. The van der Waals surface area contributed by atoms with Crippen LogP contribution in [0.2, 0.25) is 0 Å². The van der Waals surface area contributed by atoms with E-state index in [1.165, 1.54) is 0 Å². The molecule has 0 saturated heterocycles. The van der Waals surface area contributed by atoms with Crippen LogP contribution in [0.15, 0.2) is 29.5 Å². The van der Waals surface area contributed by atoms with Gasteiger partial charge in [-0.1, -0.05) is 46.6 Å². The summed E-state index contributed by atoms with van der Waals surface area (Å²) in [7, 11) is 0. The molecule has 92 valence electrons. The number of hydrogen-bond donors (Lipinski definition) is 0. The van der Waals surface area contributed by atoms with Crippen molar-refractivity contribution in [3.63, 3.8) is 0 Å². The van der Waals surface area contributed by atoms with Gasteiger partial charge in [-0.25, -0.2) is 4.79 Å². The second-order valence-electron chi connectivity index (χ2n) is 3.14. The van der Waals surface area contributed by atoms with E-state index in [-0.39, 0.29) is 12.3 Å². The summed E-state index contributed by atoms with van der Waals surface area (Å²) in [6.45, 7) is 0. The van der Waals surface area contributed by atoms with Crippen LogP contribution < -0.4 is 0 Å². The number of alkyl halides is 2. The molecule has 0 amide bonds. The van der Waals surface area contributed by atoms with Crippen molar-refractivity contribution >= 4 is 51.7 Å². The lowest BCUT2D eigenvalue weighted by atomic mass is 9.96. The fourth-order valence-corrected chi connectivity index (χ4v) is 1.40. The van der Waals surface area contributed by atoms with E-state index in [9.17, 15) is 9.59 Å². The van der Waals surface area contributed by atoms with Crippen molar-refractivity contribution in [2.24, 2.45) is 11.1 Å². The van der Waals surface area contributed by atoms with Crippen molar-refractivity contribution in [3.05, 3.63) is 24.3 Å². The first-order chi connectivity index (χ1) is 8.00. The van der Waals surface area contributed by atoms with Gasteiger partial charge in [0.25, 0.3) is 0 Å². The minimum Gasteiger partial charge on any atom is -0.315 e. The van der Waals surface area contributed by atoms with Gasteiger partial charge in [-0.3, -0.25) is 4.79 Å². The van der Waals surface area contributed by atoms with Gasteiger partial charge in [0, 0.05) is 12.3 Å². The monoisotopic (exact) mass is 295 g/mol. The Bertz CT molecular complexity index is 402. The summed E-state index contributed by atoms with van der Waals surface area (Å²) < 4.78 is 0. The van der Waals surface area contributed by atoms with Crippen molar-refractivity contribution in [2.45, 2.75) is 11.3 Å². The van der Waals surface area contributed by atoms with Gasteiger partial charge in [0.2, 0.25) is 10.1 Å². The van der Waals surface area contributed by atoms with Crippen molar-refractivity contribution in [3.8, 4) is 0 Å². The fourth-order valence-electron chi connectivity index (χ4n) is 1.16. The van der Waals surface area contributed by atoms with Gasteiger partial charge < -0.3 is 4.84 Å². The number of rotatable bonds is 4. The maximum Gasteiger partial charge on any atom is 0.367 e. The zero-order valence-corrected chi connectivity index (χ0v) is 10.7. The van der Waals surface area contributed by atoms with Crippen LogP contribution in [0.3, 0.4) is 0 Å². The highest BCUT2D eigenvalue weighted by molar-refractivity contribution is 6.63. The summed E-state index contributed by atoms with van der Waals surface area (Å²) >= 11 is 15.8. The number of halogens is 3. The lowest BCUT2D eigenvalue weighted by Crippen LogP contribution is -2.17. The summed E-state index contributed by atoms with van der Waals surface area (Å²) in [5, 5.41) is 3.09. The maximum atomic E-state index is 11.0. The molecule has 0 N–H and O–H groups in total. The second kappa shape index (κ2) is 6.79. The van der Waals surface area contributed by atoms with Gasteiger partial charge in [-0.2, -0.15) is 0 Å². The molecular weight excluding hydrogens is 288 g/mol. The maximum absolute atomic E-state index is 11.0. The average molecular weight is 297 g/mol. The molecule has 0 heterocycles. The molecule has 0 saturated carbocycles. The Morgan fingerprint density at radius 1 is 1.41 bits per heavy atom. The van der Waals surface area contributed by atoms with Crippen molar-refractivity contribution in [1.29, 1.82) is 0 Å². The van der Waals surface area contributed by atoms with E-state index in [4.69, 9.17) is 34.8 Å². The number of nitrogens with zero attached hydrogens (tertiary/aromatic N) is 1. The van der Waals surface area contributed by atoms with Crippen LogP contribution in [0.1, 0.15) is 6.42 Å². The first-order valence-electron chi connectivity index (χ1n) is 4.61. The third-order valence-corrected chi connectivity index (χ3v) is 2.41. The van der Waals surface area contributed by atoms with E-state index in [1.807, 2.05) is 0 Å². The molecule has 1 unspecified atom stereocenters. The third kappa shape index (κ3) is 4.89. The molecule has 0 bridgehead atoms. The fraction of sp³-hybridized carbons (Fsp3) is 0.300. The van der Waals surface area contributed by atoms with E-state index in [1.54, 1.807) is 24.3 Å². The number of carbonyl (C=O) groups excluding carboxylic acids is 2. The molecule has 0 spiro atoms. The molecule has 0 aromatic rings. The summed E-state index contributed by atoms with van der Waals surface area (Å²) in [5.74, 6) is -1.19. The molecular formula is C10H8Cl3NO3. The summed E-state index contributed by atoms with van der Waals surface area (Å²) in [6, 6.07) is 0. The van der Waals surface area contributed by atoms with Crippen LogP contribution in [0, 0.1) is 5.92 Å². The van der Waals surface area contributed by atoms with E-state index < -0.39 is 16.0 Å². The molecule has 1 aliphatic carbocycles. The molecule has 0 aromatic carbocycles. The first-order valence-corrected chi connectivity index (χ1v) is 5.86. The average Bonchev–Trinajstić information content (AvgIpc) is 2.26. The van der Waals surface area contributed by atoms with Crippen molar-refractivity contribution in [2.75, 3.05) is 0 Å². The minimum atomic E-state index is -1.30. The minimum absolute atomic E-state index is 0.0734. The van der Waals surface area contributed by atoms with Gasteiger partial charge >= 0.3 is 5.97 Å². The van der Waals surface area contributed by atoms with Crippen LogP contribution in [0.4, 0.5) is 0 Å². The molecule has 1 atom stereocenters. The molecule has 0 fully saturated rings. The molecule has 0 aliphatic heterocycles. The lowest BCUT2D eigenvalue weighted by Gasteiger charge is -2.12. The van der Waals surface area contributed by atoms with Crippen LogP contribution in [-0.2, 0) is 14.4 Å². The number of hydrogen-bond acceptors (Lipinski definition) is 4. The van der Waals surface area contributed by atoms with Crippen LogP contribution >= 0.6 is 34.8 Å². The smallest absolute Gasteiger partial charge is 0.315 e. The Morgan fingerprint density at radius 2 is 2.12 bits per heavy atom. The highest BCUT2D eigenvalue weighted by Crippen LogP contribution is 2.16. The Balaban J connectivity index is 2.69. The highest BCUT2D eigenvalue weighted by Gasteiger charge is 2.19. The predicted octanol–water partition coefficient (Wildman–Crippen LogP) is 2.59. The molecule has 4 nitrogen and oxygen atoms in total. The highest BCUT2D eigenvalue weighted by atomic mass is 35.5. The van der Waals surface area contributed by atoms with Crippen molar-refractivity contribution in [1.82, 2.24) is 0 Å². The van der Waals surface area contributed by atoms with E-state index >= 15 is 0 Å². The third-order valence-electron chi connectivity index (χ3n) is 1.90. The summed E-state index contributed by atoms with van der Waals surface area (Å²) in [5.41, 5.74) is 0.406. The van der Waals surface area contributed by atoms with Crippen LogP contribution in [0.5, 0.6) is 0 Å². The number of carbonyl (C=O) groups is 2. The Kier molecular flexibility index (Phi) is 5.68. The van der Waals surface area contributed by atoms with E-state index in [0.29, 0.717) is 5.71 Å². The SMILES string of the molecule is O=C(Cl)CC1C=CC=CC1=NOC(=O)C(Cl)Cl. The lowest BCUT2D eigenvalue weighted by molar-refractivity contribution is -0.141. The zero-order chi connectivity index (χ0) is 12.8. The number of oxime groups is 1. The number of allylic oxidation sites excluding steroid dienone is 4. The topological polar surface area (TPSA) is 55.7 Å². The van der Waals surface area contributed by atoms with Gasteiger partial charge in [0.05, 0.1) is 5.71 Å². The Labute approximate surface area is 113 Å². The van der Waals surface area contributed by atoms with Crippen LogP contribution in [-0.4, -0.2) is 21.8 Å². The molecule has 7 heteroatoms. The Morgan fingerprint density at radius 3 is 2.71 bits per heavy atom. The van der Waals surface area contributed by atoms with Crippen molar-refractivity contribution < 1.29 is 14.4 Å². The molecule has 17 heavy (non-hydrogen) atoms.